The fraction of sp³-hybridized carbons (Fsp3) is 0.304. The molecular weight excluding hydrogens is 392 g/mol. The third-order valence-corrected chi connectivity index (χ3v) is 6.01. The van der Waals surface area contributed by atoms with E-state index in [0.717, 1.165) is 18.4 Å². The molecule has 2 aromatic rings. The zero-order chi connectivity index (χ0) is 21.7. The van der Waals surface area contributed by atoms with Crippen molar-refractivity contribution in [3.8, 4) is 0 Å². The van der Waals surface area contributed by atoms with Gasteiger partial charge in [0.15, 0.2) is 0 Å². The van der Waals surface area contributed by atoms with Gasteiger partial charge in [0.05, 0.1) is 0 Å². The molecule has 4 rings (SSSR count). The van der Waals surface area contributed by atoms with Crippen molar-refractivity contribution in [2.45, 2.75) is 24.4 Å². The van der Waals surface area contributed by atoms with Gasteiger partial charge in [-0.2, -0.15) is 0 Å². The molecule has 0 bridgehead atoms. The third-order valence-electron chi connectivity index (χ3n) is 6.01. The average Bonchev–Trinajstić information content (AvgIpc) is 2.84. The van der Waals surface area contributed by atoms with Crippen molar-refractivity contribution in [2.24, 2.45) is 10.7 Å². The normalized spacial score (nSPS) is 19.8. The van der Waals surface area contributed by atoms with E-state index in [2.05, 4.69) is 27.4 Å². The van der Waals surface area contributed by atoms with E-state index >= 15 is 0 Å². The summed E-state index contributed by atoms with van der Waals surface area (Å²) in [5.41, 5.74) is 7.50. The molecule has 0 saturated carbocycles. The molecule has 2 aliphatic heterocycles. The number of hydrogen-bond acceptors (Lipinski definition) is 5. The Balaban J connectivity index is 1.47. The van der Waals surface area contributed by atoms with Gasteiger partial charge in [-0.1, -0.05) is 30.3 Å². The van der Waals surface area contributed by atoms with Crippen LogP contribution in [0.2, 0.25) is 0 Å². The van der Waals surface area contributed by atoms with Gasteiger partial charge in [-0.25, -0.2) is 4.79 Å². The van der Waals surface area contributed by atoms with Crippen LogP contribution in [0.3, 0.4) is 0 Å². The number of rotatable bonds is 4. The molecule has 1 unspecified atom stereocenters. The summed E-state index contributed by atoms with van der Waals surface area (Å²) < 4.78 is 0. The Morgan fingerprint density at radius 2 is 1.81 bits per heavy atom. The summed E-state index contributed by atoms with van der Waals surface area (Å²) in [6.07, 6.45) is 8.81. The predicted molar refractivity (Wildman–Crippen MR) is 118 cm³/mol. The van der Waals surface area contributed by atoms with Crippen molar-refractivity contribution >= 4 is 18.2 Å². The highest BCUT2D eigenvalue weighted by Gasteiger charge is 2.38. The molecule has 1 atom stereocenters. The van der Waals surface area contributed by atoms with Gasteiger partial charge in [-0.15, -0.1) is 0 Å². The van der Waals surface area contributed by atoms with Crippen molar-refractivity contribution in [2.75, 3.05) is 19.6 Å². The molecule has 3 heterocycles. The molecule has 3 amide bonds. The molecule has 31 heavy (non-hydrogen) atoms. The van der Waals surface area contributed by atoms with Crippen LogP contribution in [0.25, 0.3) is 0 Å². The van der Waals surface area contributed by atoms with Crippen LogP contribution in [0.1, 0.15) is 28.8 Å². The maximum Gasteiger partial charge on any atom is 0.323 e. The Morgan fingerprint density at radius 3 is 2.48 bits per heavy atom. The highest BCUT2D eigenvalue weighted by Crippen LogP contribution is 2.35. The van der Waals surface area contributed by atoms with Gasteiger partial charge in [-0.05, 0) is 30.5 Å². The monoisotopic (exact) mass is 418 g/mol. The highest BCUT2D eigenvalue weighted by atomic mass is 16.2. The van der Waals surface area contributed by atoms with Crippen LogP contribution in [0.4, 0.5) is 4.79 Å². The number of hydrogen-bond donors (Lipinski definition) is 2. The number of amides is 3. The van der Waals surface area contributed by atoms with E-state index in [0.29, 0.717) is 25.2 Å². The Hall–Kier alpha value is -3.52. The first-order valence-electron chi connectivity index (χ1n) is 10.4. The standard InChI is InChI=1S/C23H26N6O2/c24-20-16-26-12-15-29(20)22(31)27-17-23(19-4-2-1-3-5-19)8-13-28(14-9-23)21(30)18-6-10-25-11-7-18/h1-7,10-12,15-16,20H,8-9,13-14,17,24H2,(H,27,31). The Labute approximate surface area is 181 Å². The van der Waals surface area contributed by atoms with Crippen molar-refractivity contribution < 1.29 is 9.59 Å². The van der Waals surface area contributed by atoms with Crippen LogP contribution in [-0.2, 0) is 5.41 Å². The van der Waals surface area contributed by atoms with Gasteiger partial charge in [-0.3, -0.25) is 19.7 Å². The van der Waals surface area contributed by atoms with Crippen molar-refractivity contribution in [3.63, 3.8) is 0 Å². The number of urea groups is 1. The van der Waals surface area contributed by atoms with Crippen LogP contribution < -0.4 is 11.1 Å². The number of nitrogens with one attached hydrogen (secondary N) is 1. The summed E-state index contributed by atoms with van der Waals surface area (Å²) in [7, 11) is 0. The lowest BCUT2D eigenvalue weighted by Crippen LogP contribution is -2.54. The molecule has 0 spiro atoms. The quantitative estimate of drug-likeness (QED) is 0.793. The molecule has 2 aliphatic rings. The number of pyridine rings is 1. The fourth-order valence-corrected chi connectivity index (χ4v) is 4.13. The van der Waals surface area contributed by atoms with Gasteiger partial charge >= 0.3 is 6.03 Å². The number of carbonyl (C=O) groups is 2. The molecule has 1 fully saturated rings. The highest BCUT2D eigenvalue weighted by molar-refractivity contribution is 5.94. The number of nitrogens with zero attached hydrogens (tertiary/aromatic N) is 4. The zero-order valence-electron chi connectivity index (χ0n) is 17.2. The molecule has 8 nitrogen and oxygen atoms in total. The summed E-state index contributed by atoms with van der Waals surface area (Å²) >= 11 is 0. The minimum Gasteiger partial charge on any atom is -0.339 e. The van der Waals surface area contributed by atoms with E-state index < -0.39 is 6.17 Å². The maximum atomic E-state index is 12.8. The van der Waals surface area contributed by atoms with E-state index in [9.17, 15) is 9.59 Å². The summed E-state index contributed by atoms with van der Waals surface area (Å²) in [4.78, 5) is 36.8. The second-order valence-electron chi connectivity index (χ2n) is 7.83. The van der Waals surface area contributed by atoms with Crippen LogP contribution in [0.5, 0.6) is 0 Å². The minimum atomic E-state index is -0.586. The lowest BCUT2D eigenvalue weighted by molar-refractivity contribution is 0.0664. The van der Waals surface area contributed by atoms with E-state index in [1.807, 2.05) is 23.1 Å². The number of aliphatic imine (C=N–C) groups is 1. The molecule has 3 N–H and O–H groups in total. The summed E-state index contributed by atoms with van der Waals surface area (Å²) in [6.45, 7) is 1.69. The molecule has 1 saturated heterocycles. The second kappa shape index (κ2) is 9.09. The van der Waals surface area contributed by atoms with E-state index in [1.165, 1.54) is 11.1 Å². The summed E-state index contributed by atoms with van der Waals surface area (Å²) in [5.74, 6) is 0.0109. The van der Waals surface area contributed by atoms with Crippen LogP contribution in [-0.4, -0.2) is 58.7 Å². The predicted octanol–water partition coefficient (Wildman–Crippen LogP) is 2.11. The number of likely N-dealkylation sites (tertiary alicyclic amines) is 1. The SMILES string of the molecule is NC1C=NC=CN1C(=O)NCC1(c2ccccc2)CCN(C(=O)c2ccncc2)CC1. The molecule has 1 aromatic heterocycles. The molecule has 8 heteroatoms. The summed E-state index contributed by atoms with van der Waals surface area (Å²) in [6, 6.07) is 13.4. The first kappa shape index (κ1) is 20.7. The maximum absolute atomic E-state index is 12.8. The van der Waals surface area contributed by atoms with Crippen molar-refractivity contribution in [1.82, 2.24) is 20.1 Å². The number of piperidine rings is 1. The molecule has 1 aromatic carbocycles. The Morgan fingerprint density at radius 1 is 1.10 bits per heavy atom. The first-order valence-corrected chi connectivity index (χ1v) is 10.4. The molecule has 0 radical (unpaired) electrons. The van der Waals surface area contributed by atoms with Crippen LogP contribution >= 0.6 is 0 Å². The van der Waals surface area contributed by atoms with Gasteiger partial charge in [0, 0.05) is 61.6 Å². The molecular formula is C23H26N6O2. The lowest BCUT2D eigenvalue weighted by Gasteiger charge is -2.42. The lowest BCUT2D eigenvalue weighted by atomic mass is 9.72. The first-order chi connectivity index (χ1) is 15.1. The number of nitrogens with two attached hydrogens (primary N) is 1. The Kier molecular flexibility index (Phi) is 6.08. The second-order valence-corrected chi connectivity index (χ2v) is 7.83. The van der Waals surface area contributed by atoms with Gasteiger partial charge in [0.1, 0.15) is 6.17 Å². The Bertz CT molecular complexity index is 968. The smallest absolute Gasteiger partial charge is 0.323 e. The topological polar surface area (TPSA) is 104 Å². The fourth-order valence-electron chi connectivity index (χ4n) is 4.13. The number of benzene rings is 1. The minimum absolute atomic E-state index is 0.0109. The largest absolute Gasteiger partial charge is 0.339 e. The van der Waals surface area contributed by atoms with Crippen molar-refractivity contribution in [3.05, 3.63) is 78.4 Å². The van der Waals surface area contributed by atoms with E-state index in [1.54, 1.807) is 36.9 Å². The molecule has 0 aliphatic carbocycles. The molecule has 160 valence electrons. The zero-order valence-corrected chi connectivity index (χ0v) is 17.2. The van der Waals surface area contributed by atoms with Crippen LogP contribution in [0, 0.1) is 0 Å². The van der Waals surface area contributed by atoms with Gasteiger partial charge in [0.2, 0.25) is 0 Å². The van der Waals surface area contributed by atoms with Crippen molar-refractivity contribution in [1.29, 1.82) is 0 Å². The van der Waals surface area contributed by atoms with Crippen LogP contribution in [0.15, 0.2) is 72.3 Å². The van der Waals surface area contributed by atoms with E-state index in [-0.39, 0.29) is 17.4 Å². The number of aromatic nitrogens is 1. The van der Waals surface area contributed by atoms with Gasteiger partial charge < -0.3 is 16.0 Å². The van der Waals surface area contributed by atoms with E-state index in [4.69, 9.17) is 5.73 Å². The average molecular weight is 419 g/mol. The third kappa shape index (κ3) is 4.49. The summed E-state index contributed by atoms with van der Waals surface area (Å²) in [5, 5.41) is 3.05. The van der Waals surface area contributed by atoms with Gasteiger partial charge in [0.25, 0.3) is 5.91 Å². The number of carbonyl (C=O) groups excluding carboxylic acids is 2.